The van der Waals surface area contributed by atoms with Gasteiger partial charge in [0.15, 0.2) is 5.13 Å². The van der Waals surface area contributed by atoms with Crippen LogP contribution >= 0.6 is 23.7 Å². The van der Waals surface area contributed by atoms with E-state index in [1.807, 2.05) is 13.2 Å². The Balaban J connectivity index is 0.00000144. The van der Waals surface area contributed by atoms with Gasteiger partial charge in [-0.25, -0.2) is 0 Å². The molecule has 1 N–H and O–H groups in total. The number of nitrogens with one attached hydrogen (secondary N) is 1. The van der Waals surface area contributed by atoms with E-state index in [0.717, 1.165) is 21.9 Å². The van der Waals surface area contributed by atoms with E-state index in [1.54, 1.807) is 17.9 Å². The molecular weight excluding hydrogens is 265 g/mol. The molecule has 0 spiro atoms. The van der Waals surface area contributed by atoms with Crippen molar-refractivity contribution in [3.63, 3.8) is 0 Å². The van der Waals surface area contributed by atoms with Crippen LogP contribution in [-0.2, 0) is 13.6 Å². The van der Waals surface area contributed by atoms with Crippen molar-refractivity contribution in [2.75, 3.05) is 12.4 Å². The fourth-order valence-corrected chi connectivity index (χ4v) is 2.04. The summed E-state index contributed by atoms with van der Waals surface area (Å²) in [6.45, 7) is 0.566. The molecule has 94 valence electrons. The highest BCUT2D eigenvalue weighted by Crippen LogP contribution is 2.23. The van der Waals surface area contributed by atoms with Crippen molar-refractivity contribution < 1.29 is 9.13 Å². The number of hydrogen-bond donors (Lipinski definition) is 1. The smallest absolute Gasteiger partial charge is 0.256 e. The largest absolute Gasteiger partial charge is 0.478 e. The Morgan fingerprint density at radius 2 is 2.29 bits per heavy atom. The lowest BCUT2D eigenvalue weighted by molar-refractivity contribution is 0.393. The Hall–Kier alpha value is -1.27. The van der Waals surface area contributed by atoms with Crippen LogP contribution < -0.4 is 10.1 Å². The molecule has 2 heterocycles. The summed E-state index contributed by atoms with van der Waals surface area (Å²) >= 11 is 1.13. The van der Waals surface area contributed by atoms with E-state index in [-0.39, 0.29) is 17.5 Å². The van der Waals surface area contributed by atoms with Crippen LogP contribution in [-0.4, -0.2) is 16.9 Å². The molecule has 0 aliphatic rings. The summed E-state index contributed by atoms with van der Waals surface area (Å²) in [4.78, 5) is 0.934. The molecule has 7 heteroatoms. The summed E-state index contributed by atoms with van der Waals surface area (Å²) in [6.07, 6.45) is 1.82. The van der Waals surface area contributed by atoms with E-state index in [0.29, 0.717) is 12.4 Å². The molecule has 0 bridgehead atoms. The summed E-state index contributed by atoms with van der Waals surface area (Å²) < 4.78 is 19.5. The van der Waals surface area contributed by atoms with Gasteiger partial charge in [0.2, 0.25) is 0 Å². The number of rotatable bonds is 4. The highest BCUT2D eigenvalue weighted by atomic mass is 35.5. The van der Waals surface area contributed by atoms with E-state index in [2.05, 4.69) is 10.4 Å². The molecule has 2 rings (SSSR count). The lowest BCUT2D eigenvalue weighted by Crippen LogP contribution is -1.98. The minimum Gasteiger partial charge on any atom is -0.478 e. The van der Waals surface area contributed by atoms with Crippen molar-refractivity contribution >= 4 is 29.4 Å². The summed E-state index contributed by atoms with van der Waals surface area (Å²) in [5.41, 5.74) is 0.804. The monoisotopic (exact) mass is 277 g/mol. The van der Waals surface area contributed by atoms with Crippen molar-refractivity contribution in [3.8, 4) is 5.88 Å². The first-order valence-electron chi connectivity index (χ1n) is 4.75. The Labute approximate surface area is 109 Å². The first kappa shape index (κ1) is 13.8. The van der Waals surface area contributed by atoms with Crippen LogP contribution in [0.2, 0.25) is 0 Å². The molecule has 0 aromatic carbocycles. The maximum Gasteiger partial charge on any atom is 0.256 e. The SMILES string of the molecule is COc1nn(C)cc1NCc1ccc(F)s1.Cl. The predicted molar refractivity (Wildman–Crippen MR) is 68.6 cm³/mol. The first-order chi connectivity index (χ1) is 7.69. The molecule has 0 unspecified atom stereocenters. The highest BCUT2D eigenvalue weighted by molar-refractivity contribution is 7.10. The normalized spacial score (nSPS) is 9.82. The molecule has 0 saturated carbocycles. The van der Waals surface area contributed by atoms with Crippen LogP contribution in [0.3, 0.4) is 0 Å². The van der Waals surface area contributed by atoms with E-state index >= 15 is 0 Å². The van der Waals surface area contributed by atoms with Gasteiger partial charge in [0.05, 0.1) is 13.3 Å². The van der Waals surface area contributed by atoms with Crippen LogP contribution in [0, 0.1) is 5.13 Å². The van der Waals surface area contributed by atoms with Gasteiger partial charge in [0.1, 0.15) is 5.69 Å². The van der Waals surface area contributed by atoms with Gasteiger partial charge in [-0.05, 0) is 12.1 Å². The number of methoxy groups -OCH3 is 1. The lowest BCUT2D eigenvalue weighted by atomic mass is 10.4. The second-order valence-corrected chi connectivity index (χ2v) is 4.40. The van der Waals surface area contributed by atoms with Crippen molar-refractivity contribution in [1.29, 1.82) is 0 Å². The zero-order chi connectivity index (χ0) is 11.5. The quantitative estimate of drug-likeness (QED) is 0.934. The number of halogens is 2. The zero-order valence-corrected chi connectivity index (χ0v) is 11.1. The third-order valence-electron chi connectivity index (χ3n) is 2.07. The third kappa shape index (κ3) is 3.34. The Bertz CT molecular complexity index is 486. The van der Waals surface area contributed by atoms with Gasteiger partial charge >= 0.3 is 0 Å². The van der Waals surface area contributed by atoms with Crippen molar-refractivity contribution in [2.24, 2.45) is 7.05 Å². The number of aromatic nitrogens is 2. The topological polar surface area (TPSA) is 39.1 Å². The summed E-state index contributed by atoms with van der Waals surface area (Å²) in [7, 11) is 3.39. The maximum atomic E-state index is 12.8. The number of thiophene rings is 1. The van der Waals surface area contributed by atoms with Crippen LogP contribution in [0.4, 0.5) is 10.1 Å². The fourth-order valence-electron chi connectivity index (χ4n) is 1.37. The van der Waals surface area contributed by atoms with Gasteiger partial charge in [-0.15, -0.1) is 28.8 Å². The number of anilines is 1. The fraction of sp³-hybridized carbons (Fsp3) is 0.300. The number of hydrogen-bond acceptors (Lipinski definition) is 4. The molecule has 0 amide bonds. The molecule has 0 fully saturated rings. The van der Waals surface area contributed by atoms with Crippen molar-refractivity contribution in [1.82, 2.24) is 9.78 Å². The molecule has 4 nitrogen and oxygen atoms in total. The van der Waals surface area contributed by atoms with Crippen LogP contribution in [0.15, 0.2) is 18.3 Å². The molecular formula is C10H13ClFN3OS. The number of ether oxygens (including phenoxy) is 1. The lowest BCUT2D eigenvalue weighted by Gasteiger charge is -2.02. The zero-order valence-electron chi connectivity index (χ0n) is 9.44. The highest BCUT2D eigenvalue weighted by Gasteiger charge is 2.07. The molecule has 0 radical (unpaired) electrons. The van der Waals surface area contributed by atoms with E-state index in [9.17, 15) is 4.39 Å². The number of nitrogens with zero attached hydrogens (tertiary/aromatic N) is 2. The minimum absolute atomic E-state index is 0. The van der Waals surface area contributed by atoms with Crippen LogP contribution in [0.5, 0.6) is 5.88 Å². The first-order valence-corrected chi connectivity index (χ1v) is 5.56. The van der Waals surface area contributed by atoms with Gasteiger partial charge < -0.3 is 10.1 Å². The average Bonchev–Trinajstić information content (AvgIpc) is 2.81. The minimum atomic E-state index is -0.171. The summed E-state index contributed by atoms with van der Waals surface area (Å²) in [5, 5.41) is 7.09. The molecule has 0 atom stereocenters. The van der Waals surface area contributed by atoms with Crippen molar-refractivity contribution in [2.45, 2.75) is 6.54 Å². The second-order valence-electron chi connectivity index (χ2n) is 3.29. The van der Waals surface area contributed by atoms with Gasteiger partial charge in [-0.3, -0.25) is 4.68 Å². The maximum absolute atomic E-state index is 12.8. The Kier molecular flexibility index (Phi) is 4.77. The number of aryl methyl sites for hydroxylation is 1. The molecule has 2 aromatic rings. The molecule has 0 aliphatic carbocycles. The average molecular weight is 278 g/mol. The van der Waals surface area contributed by atoms with Gasteiger partial charge in [0.25, 0.3) is 5.88 Å². The van der Waals surface area contributed by atoms with Crippen molar-refractivity contribution in [3.05, 3.63) is 28.3 Å². The molecule has 2 aromatic heterocycles. The van der Waals surface area contributed by atoms with E-state index in [4.69, 9.17) is 4.74 Å². The van der Waals surface area contributed by atoms with Gasteiger partial charge in [-0.2, -0.15) is 4.39 Å². The standard InChI is InChI=1S/C10H12FN3OS.ClH/c1-14-6-8(10(13-14)15-2)12-5-7-3-4-9(11)16-7;/h3-4,6,12H,5H2,1-2H3;1H. The van der Waals surface area contributed by atoms with Crippen LogP contribution in [0.1, 0.15) is 4.88 Å². The van der Waals surface area contributed by atoms with E-state index < -0.39 is 0 Å². The molecule has 17 heavy (non-hydrogen) atoms. The Morgan fingerprint density at radius 3 is 2.88 bits per heavy atom. The predicted octanol–water partition coefficient (Wildman–Crippen LogP) is 2.66. The molecule has 0 aliphatic heterocycles. The van der Waals surface area contributed by atoms with E-state index in [1.165, 1.54) is 6.07 Å². The summed E-state index contributed by atoms with van der Waals surface area (Å²) in [6, 6.07) is 3.22. The van der Waals surface area contributed by atoms with Crippen LogP contribution in [0.25, 0.3) is 0 Å². The van der Waals surface area contributed by atoms with Gasteiger partial charge in [-0.1, -0.05) is 0 Å². The van der Waals surface area contributed by atoms with Gasteiger partial charge in [0, 0.05) is 18.5 Å². The Morgan fingerprint density at radius 1 is 1.53 bits per heavy atom. The molecule has 0 saturated heterocycles. The second kappa shape index (κ2) is 5.88. The summed E-state index contributed by atoms with van der Waals surface area (Å²) in [5.74, 6) is 0.541. The third-order valence-corrected chi connectivity index (χ3v) is 2.94.